The Morgan fingerprint density at radius 3 is 2.53 bits per heavy atom. The Labute approximate surface area is 210 Å². The molecule has 0 aliphatic carbocycles. The summed E-state index contributed by atoms with van der Waals surface area (Å²) >= 11 is 0. The molecule has 4 rings (SSSR count). The van der Waals surface area contributed by atoms with Crippen LogP contribution in [0.3, 0.4) is 0 Å². The highest BCUT2D eigenvalue weighted by Crippen LogP contribution is 2.29. The molecule has 8 nitrogen and oxygen atoms in total. The number of aromatic nitrogens is 1. The Morgan fingerprint density at radius 2 is 1.83 bits per heavy atom. The zero-order chi connectivity index (χ0) is 25.8. The molecule has 8 heteroatoms. The van der Waals surface area contributed by atoms with E-state index >= 15 is 0 Å². The molecule has 2 aromatic carbocycles. The fourth-order valence-corrected chi connectivity index (χ4v) is 4.02. The maximum absolute atomic E-state index is 9.55. The number of carboxylic acids is 2. The van der Waals surface area contributed by atoms with Gasteiger partial charge in [0.2, 0.25) is 0 Å². The van der Waals surface area contributed by atoms with Gasteiger partial charge < -0.3 is 20.3 Å². The predicted octanol–water partition coefficient (Wildman–Crippen LogP) is 4.55. The summed E-state index contributed by atoms with van der Waals surface area (Å²) in [6.07, 6.45) is 9.26. The van der Waals surface area contributed by atoms with Gasteiger partial charge in [0.25, 0.3) is 0 Å². The number of nitrogens with zero attached hydrogens (tertiary/aromatic N) is 2. The molecule has 1 aromatic heterocycles. The molecule has 0 atom stereocenters. The SMILES string of the molecule is COc1cnccc1NCCCN1CC=C(c2cccc3ccccc23)CC1.O=C(O)/C=C/C(=O)O. The second-order valence-electron chi connectivity index (χ2n) is 8.17. The smallest absolute Gasteiger partial charge is 0.328 e. The number of hydrogen-bond donors (Lipinski definition) is 3. The normalized spacial score (nSPS) is 13.5. The highest BCUT2D eigenvalue weighted by molar-refractivity contribution is 5.94. The average Bonchev–Trinajstić information content (AvgIpc) is 2.90. The first kappa shape index (κ1) is 26.4. The first-order valence-corrected chi connectivity index (χ1v) is 11.7. The third-order valence-corrected chi connectivity index (χ3v) is 5.77. The zero-order valence-corrected chi connectivity index (χ0v) is 20.3. The van der Waals surface area contributed by atoms with Crippen LogP contribution in [0.25, 0.3) is 16.3 Å². The predicted molar refractivity (Wildman–Crippen MR) is 141 cm³/mol. The Kier molecular flexibility index (Phi) is 10.0. The quantitative estimate of drug-likeness (QED) is 0.297. The lowest BCUT2D eigenvalue weighted by Crippen LogP contribution is -2.30. The van der Waals surface area contributed by atoms with Crippen molar-refractivity contribution in [3.05, 3.63) is 84.7 Å². The lowest BCUT2D eigenvalue weighted by molar-refractivity contribution is -0.134. The Bertz CT molecular complexity index is 1220. The van der Waals surface area contributed by atoms with Crippen molar-refractivity contribution >= 4 is 34.0 Å². The largest absolute Gasteiger partial charge is 0.493 e. The minimum Gasteiger partial charge on any atom is -0.493 e. The number of carboxylic acid groups (broad SMARTS) is 2. The summed E-state index contributed by atoms with van der Waals surface area (Å²) in [7, 11) is 1.68. The first-order valence-electron chi connectivity index (χ1n) is 11.7. The number of pyridine rings is 1. The molecule has 0 spiro atoms. The number of benzene rings is 2. The van der Waals surface area contributed by atoms with Gasteiger partial charge in [-0.3, -0.25) is 9.88 Å². The van der Waals surface area contributed by atoms with E-state index in [-0.39, 0.29) is 0 Å². The van der Waals surface area contributed by atoms with E-state index in [2.05, 4.69) is 63.7 Å². The third kappa shape index (κ3) is 7.95. The van der Waals surface area contributed by atoms with Gasteiger partial charge in [-0.1, -0.05) is 48.5 Å². The van der Waals surface area contributed by atoms with Crippen molar-refractivity contribution in [2.24, 2.45) is 0 Å². The van der Waals surface area contributed by atoms with Crippen LogP contribution in [0.4, 0.5) is 5.69 Å². The van der Waals surface area contributed by atoms with E-state index in [4.69, 9.17) is 14.9 Å². The third-order valence-electron chi connectivity index (χ3n) is 5.77. The first-order chi connectivity index (χ1) is 17.5. The minimum absolute atomic E-state index is 0.558. The van der Waals surface area contributed by atoms with Gasteiger partial charge in [0.15, 0.2) is 5.75 Å². The molecule has 2 heterocycles. The van der Waals surface area contributed by atoms with Crippen molar-refractivity contribution in [3.8, 4) is 5.75 Å². The molecule has 1 aliphatic rings. The van der Waals surface area contributed by atoms with E-state index in [1.54, 1.807) is 19.5 Å². The molecule has 0 fully saturated rings. The molecule has 1 aliphatic heterocycles. The molecular weight excluding hydrogens is 458 g/mol. The van der Waals surface area contributed by atoms with E-state index in [1.165, 1.54) is 21.9 Å². The van der Waals surface area contributed by atoms with Gasteiger partial charge in [-0.25, -0.2) is 9.59 Å². The van der Waals surface area contributed by atoms with Gasteiger partial charge in [0.05, 0.1) is 19.0 Å². The molecule has 3 N–H and O–H groups in total. The number of hydrogen-bond acceptors (Lipinski definition) is 6. The summed E-state index contributed by atoms with van der Waals surface area (Å²) < 4.78 is 5.33. The fourth-order valence-electron chi connectivity index (χ4n) is 4.02. The van der Waals surface area contributed by atoms with Gasteiger partial charge in [-0.2, -0.15) is 0 Å². The number of ether oxygens (including phenoxy) is 1. The molecule has 188 valence electrons. The van der Waals surface area contributed by atoms with Gasteiger partial charge in [0, 0.05) is 44.5 Å². The molecule has 0 saturated heterocycles. The number of nitrogens with one attached hydrogen (secondary N) is 1. The molecule has 3 aromatic rings. The Morgan fingerprint density at radius 1 is 1.08 bits per heavy atom. The van der Waals surface area contributed by atoms with Crippen LogP contribution in [0.2, 0.25) is 0 Å². The topological polar surface area (TPSA) is 112 Å². The van der Waals surface area contributed by atoms with Crippen LogP contribution in [-0.4, -0.2) is 65.3 Å². The summed E-state index contributed by atoms with van der Waals surface area (Å²) in [5, 5.41) is 21.8. The molecular formula is C28H31N3O5. The van der Waals surface area contributed by atoms with Crippen molar-refractivity contribution in [3.63, 3.8) is 0 Å². The van der Waals surface area contributed by atoms with Crippen LogP contribution < -0.4 is 10.1 Å². The molecule has 0 amide bonds. The van der Waals surface area contributed by atoms with Crippen LogP contribution in [0.15, 0.2) is 79.2 Å². The number of carbonyl (C=O) groups is 2. The van der Waals surface area contributed by atoms with Gasteiger partial charge >= 0.3 is 11.9 Å². The second-order valence-corrected chi connectivity index (χ2v) is 8.17. The highest BCUT2D eigenvalue weighted by atomic mass is 16.5. The van der Waals surface area contributed by atoms with Crippen molar-refractivity contribution in [1.82, 2.24) is 9.88 Å². The fraction of sp³-hybridized carbons (Fsp3) is 0.250. The maximum atomic E-state index is 9.55. The molecule has 0 saturated carbocycles. The van der Waals surface area contributed by atoms with Crippen LogP contribution in [0.1, 0.15) is 18.4 Å². The maximum Gasteiger partial charge on any atom is 0.328 e. The highest BCUT2D eigenvalue weighted by Gasteiger charge is 2.14. The van der Waals surface area contributed by atoms with Gasteiger partial charge in [0.1, 0.15) is 0 Å². The summed E-state index contributed by atoms with van der Waals surface area (Å²) in [6.45, 7) is 4.17. The second kappa shape index (κ2) is 13.7. The van der Waals surface area contributed by atoms with E-state index < -0.39 is 11.9 Å². The number of anilines is 1. The average molecular weight is 490 g/mol. The molecule has 0 radical (unpaired) electrons. The molecule has 36 heavy (non-hydrogen) atoms. The monoisotopic (exact) mass is 489 g/mol. The number of rotatable bonds is 9. The van der Waals surface area contributed by atoms with E-state index in [1.807, 2.05) is 6.07 Å². The molecule has 0 bridgehead atoms. The van der Waals surface area contributed by atoms with Crippen molar-refractivity contribution < 1.29 is 24.5 Å². The number of fused-ring (bicyclic) bond motifs is 1. The van der Waals surface area contributed by atoms with Crippen LogP contribution in [0, 0.1) is 0 Å². The number of methoxy groups -OCH3 is 1. The van der Waals surface area contributed by atoms with Crippen LogP contribution in [-0.2, 0) is 9.59 Å². The summed E-state index contributed by atoms with van der Waals surface area (Å²) in [4.78, 5) is 25.7. The van der Waals surface area contributed by atoms with Crippen LogP contribution in [0.5, 0.6) is 5.75 Å². The Balaban J connectivity index is 0.000000392. The lowest BCUT2D eigenvalue weighted by atomic mass is 9.94. The Hall–Kier alpha value is -4.17. The standard InChI is InChI=1S/C24H27N3O.C4H4O4/c1-28-24-18-25-14-10-23(24)26-13-5-15-27-16-11-20(12-17-27)22-9-4-7-19-6-2-3-8-21(19)22;5-3(6)1-2-4(7)8/h2-4,6-11,14,18H,5,12-13,15-17H2,1H3,(H,25,26);1-2H,(H,5,6)(H,7,8)/b;2-1+. The van der Waals surface area contributed by atoms with Crippen molar-refractivity contribution in [2.45, 2.75) is 12.8 Å². The minimum atomic E-state index is -1.26. The summed E-state index contributed by atoms with van der Waals surface area (Å²) in [5.41, 5.74) is 3.88. The van der Waals surface area contributed by atoms with Crippen molar-refractivity contribution in [2.75, 3.05) is 38.6 Å². The zero-order valence-electron chi connectivity index (χ0n) is 20.3. The summed E-state index contributed by atoms with van der Waals surface area (Å²) in [6, 6.07) is 17.2. The lowest BCUT2D eigenvalue weighted by Gasteiger charge is -2.27. The van der Waals surface area contributed by atoms with Crippen molar-refractivity contribution in [1.29, 1.82) is 0 Å². The molecule has 0 unspecified atom stereocenters. The van der Waals surface area contributed by atoms with E-state index in [9.17, 15) is 9.59 Å². The number of aliphatic carboxylic acids is 2. The van der Waals surface area contributed by atoms with E-state index in [0.717, 1.165) is 50.5 Å². The van der Waals surface area contributed by atoms with Gasteiger partial charge in [-0.05, 0) is 40.8 Å². The van der Waals surface area contributed by atoms with E-state index in [0.29, 0.717) is 12.2 Å². The van der Waals surface area contributed by atoms with Gasteiger partial charge in [-0.15, -0.1) is 0 Å². The summed E-state index contributed by atoms with van der Waals surface area (Å²) in [5.74, 6) is -1.72. The van der Waals surface area contributed by atoms with Crippen LogP contribution >= 0.6 is 0 Å².